The van der Waals surface area contributed by atoms with E-state index < -0.39 is 0 Å². The molecule has 6 heteroatoms. The summed E-state index contributed by atoms with van der Waals surface area (Å²) < 4.78 is 1.92. The molecular weight excluding hydrogens is 346 g/mol. The number of nitrogens with two attached hydrogens (primary N) is 1. The Labute approximate surface area is 159 Å². The van der Waals surface area contributed by atoms with Crippen LogP contribution in [0.4, 0.5) is 5.82 Å². The van der Waals surface area contributed by atoms with Gasteiger partial charge in [-0.05, 0) is 56.8 Å². The van der Waals surface area contributed by atoms with Crippen LogP contribution >= 0.6 is 11.6 Å². The van der Waals surface area contributed by atoms with E-state index in [0.717, 1.165) is 43.6 Å². The van der Waals surface area contributed by atoms with Crippen LogP contribution in [0.5, 0.6) is 0 Å². The molecule has 1 spiro atoms. The third kappa shape index (κ3) is 2.80. The molecule has 2 aromatic rings. The highest BCUT2D eigenvalue weighted by Crippen LogP contribution is 2.47. The molecule has 0 aromatic carbocycles. The fraction of sp³-hybridized carbons (Fsp3) is 0.700. The van der Waals surface area contributed by atoms with Crippen molar-refractivity contribution >= 4 is 23.1 Å². The lowest BCUT2D eigenvalue weighted by molar-refractivity contribution is 0.160. The van der Waals surface area contributed by atoms with Crippen LogP contribution in [0.15, 0.2) is 6.20 Å². The van der Waals surface area contributed by atoms with Crippen LogP contribution in [0.2, 0.25) is 5.02 Å². The molecule has 0 saturated heterocycles. The van der Waals surface area contributed by atoms with E-state index >= 15 is 0 Å². The molecule has 0 radical (unpaired) electrons. The standard InChI is InChI=1S/C20H28ClN5/c21-16-12-23-26-18(24-14-5-4-13(22)10-14)15-6-9-20(7-2-1-3-8-20)11-17(15)25-19(16)26/h12-14,24H,1-11,22H2/t13-,14+/m0/s1. The zero-order chi connectivity index (χ0) is 17.7. The van der Waals surface area contributed by atoms with Gasteiger partial charge in [-0.15, -0.1) is 0 Å². The Bertz CT molecular complexity index is 823. The van der Waals surface area contributed by atoms with Crippen LogP contribution < -0.4 is 11.1 Å². The number of anilines is 1. The lowest BCUT2D eigenvalue weighted by atomic mass is 9.65. The Kier molecular flexibility index (Phi) is 4.13. The van der Waals surface area contributed by atoms with Gasteiger partial charge in [0.1, 0.15) is 10.8 Å². The third-order valence-corrected chi connectivity index (χ3v) is 7.23. The largest absolute Gasteiger partial charge is 0.367 e. The first-order valence-corrected chi connectivity index (χ1v) is 10.6. The summed E-state index contributed by atoms with van der Waals surface area (Å²) in [5.74, 6) is 1.11. The molecule has 0 aliphatic heterocycles. The highest BCUT2D eigenvalue weighted by molar-refractivity contribution is 6.33. The van der Waals surface area contributed by atoms with E-state index in [9.17, 15) is 0 Å². The highest BCUT2D eigenvalue weighted by Gasteiger charge is 2.38. The smallest absolute Gasteiger partial charge is 0.176 e. The SMILES string of the molecule is N[C@H]1CC[C@@H](Nc2c3c(nc4c(Cl)cnn24)CC2(CCCCC2)CC3)C1. The summed E-state index contributed by atoms with van der Waals surface area (Å²) in [6, 6.07) is 0.737. The summed E-state index contributed by atoms with van der Waals surface area (Å²) in [5, 5.41) is 8.93. The first kappa shape index (κ1) is 16.8. The van der Waals surface area contributed by atoms with Crippen molar-refractivity contribution < 1.29 is 0 Å². The van der Waals surface area contributed by atoms with Gasteiger partial charge < -0.3 is 11.1 Å². The summed E-state index contributed by atoms with van der Waals surface area (Å²) in [4.78, 5) is 4.98. The van der Waals surface area contributed by atoms with Gasteiger partial charge in [0.25, 0.3) is 0 Å². The average molecular weight is 374 g/mol. The second-order valence-corrected chi connectivity index (χ2v) is 9.17. The number of nitrogens with zero attached hydrogens (tertiary/aromatic N) is 3. The van der Waals surface area contributed by atoms with E-state index in [1.54, 1.807) is 6.20 Å². The summed E-state index contributed by atoms with van der Waals surface area (Å²) in [6.07, 6.45) is 15.3. The van der Waals surface area contributed by atoms with Crippen LogP contribution in [0.1, 0.15) is 69.0 Å². The molecule has 3 aliphatic carbocycles. The molecular formula is C20H28ClN5. The van der Waals surface area contributed by atoms with Crippen molar-refractivity contribution in [2.75, 3.05) is 5.32 Å². The average Bonchev–Trinajstić information content (AvgIpc) is 3.21. The van der Waals surface area contributed by atoms with E-state index in [-0.39, 0.29) is 0 Å². The maximum atomic E-state index is 6.41. The predicted molar refractivity (Wildman–Crippen MR) is 105 cm³/mol. The van der Waals surface area contributed by atoms with Crippen LogP contribution in [0, 0.1) is 5.41 Å². The van der Waals surface area contributed by atoms with Crippen molar-refractivity contribution in [3.05, 3.63) is 22.5 Å². The van der Waals surface area contributed by atoms with Gasteiger partial charge in [-0.25, -0.2) is 4.98 Å². The molecule has 0 bridgehead atoms. The first-order valence-electron chi connectivity index (χ1n) is 10.2. The highest BCUT2D eigenvalue weighted by atomic mass is 35.5. The van der Waals surface area contributed by atoms with Crippen LogP contribution in [0.3, 0.4) is 0 Å². The fourth-order valence-electron chi connectivity index (χ4n) is 5.51. The zero-order valence-electron chi connectivity index (χ0n) is 15.3. The normalized spacial score (nSPS) is 27.8. The van der Waals surface area contributed by atoms with Gasteiger partial charge >= 0.3 is 0 Å². The molecule has 2 atom stereocenters. The molecule has 2 heterocycles. The molecule has 0 amide bonds. The Morgan fingerprint density at radius 3 is 2.81 bits per heavy atom. The maximum absolute atomic E-state index is 6.41. The Hall–Kier alpha value is -1.33. The van der Waals surface area contributed by atoms with E-state index in [4.69, 9.17) is 22.3 Å². The minimum Gasteiger partial charge on any atom is -0.367 e. The van der Waals surface area contributed by atoms with Gasteiger partial charge in [0.05, 0.1) is 11.9 Å². The predicted octanol–water partition coefficient (Wildman–Crippen LogP) is 4.11. The second-order valence-electron chi connectivity index (χ2n) is 8.77. The number of fused-ring (bicyclic) bond motifs is 2. The van der Waals surface area contributed by atoms with E-state index in [1.165, 1.54) is 49.8 Å². The quantitative estimate of drug-likeness (QED) is 0.831. The van der Waals surface area contributed by atoms with Gasteiger partial charge in [-0.1, -0.05) is 30.9 Å². The van der Waals surface area contributed by atoms with Crippen LogP contribution in [0.25, 0.3) is 5.65 Å². The van der Waals surface area contributed by atoms with Crippen molar-refractivity contribution in [3.8, 4) is 0 Å². The molecule has 3 N–H and O–H groups in total. The van der Waals surface area contributed by atoms with Crippen molar-refractivity contribution in [3.63, 3.8) is 0 Å². The van der Waals surface area contributed by atoms with E-state index in [2.05, 4.69) is 10.4 Å². The minimum absolute atomic E-state index is 0.312. The Morgan fingerprint density at radius 1 is 1.19 bits per heavy atom. The number of nitrogens with one attached hydrogen (secondary N) is 1. The number of halogens is 1. The lowest BCUT2D eigenvalue weighted by Gasteiger charge is -2.41. The third-order valence-electron chi connectivity index (χ3n) is 6.96. The molecule has 2 saturated carbocycles. The van der Waals surface area contributed by atoms with Crippen LogP contribution in [-0.4, -0.2) is 26.7 Å². The van der Waals surface area contributed by atoms with Crippen molar-refractivity contribution in [2.24, 2.45) is 11.1 Å². The Morgan fingerprint density at radius 2 is 2.04 bits per heavy atom. The van der Waals surface area contributed by atoms with E-state index in [0.29, 0.717) is 22.5 Å². The molecule has 140 valence electrons. The fourth-order valence-corrected chi connectivity index (χ4v) is 5.67. The lowest BCUT2D eigenvalue weighted by Crippen LogP contribution is -2.33. The molecule has 5 nitrogen and oxygen atoms in total. The molecule has 5 rings (SSSR count). The topological polar surface area (TPSA) is 68.2 Å². The molecule has 2 fully saturated rings. The Balaban J connectivity index is 1.56. The minimum atomic E-state index is 0.312. The summed E-state index contributed by atoms with van der Waals surface area (Å²) >= 11 is 6.41. The first-order chi connectivity index (χ1) is 12.6. The molecule has 26 heavy (non-hydrogen) atoms. The van der Waals surface area contributed by atoms with Crippen LogP contribution in [-0.2, 0) is 12.8 Å². The van der Waals surface area contributed by atoms with Crippen molar-refractivity contribution in [2.45, 2.75) is 82.7 Å². The summed E-state index contributed by atoms with van der Waals surface area (Å²) in [7, 11) is 0. The number of aromatic nitrogens is 3. The van der Waals surface area contributed by atoms with Gasteiger partial charge in [0, 0.05) is 17.6 Å². The zero-order valence-corrected chi connectivity index (χ0v) is 16.1. The van der Waals surface area contributed by atoms with Crippen molar-refractivity contribution in [1.29, 1.82) is 0 Å². The summed E-state index contributed by atoms with van der Waals surface area (Å²) in [5.41, 5.74) is 10.00. The van der Waals surface area contributed by atoms with Gasteiger partial charge in [0.2, 0.25) is 0 Å². The summed E-state index contributed by atoms with van der Waals surface area (Å²) in [6.45, 7) is 0. The van der Waals surface area contributed by atoms with E-state index in [1.807, 2.05) is 4.52 Å². The van der Waals surface area contributed by atoms with Crippen molar-refractivity contribution in [1.82, 2.24) is 14.6 Å². The number of hydrogen-bond acceptors (Lipinski definition) is 4. The number of hydrogen-bond donors (Lipinski definition) is 2. The van der Waals surface area contributed by atoms with Gasteiger partial charge in [-0.2, -0.15) is 9.61 Å². The van der Waals surface area contributed by atoms with Gasteiger partial charge in [-0.3, -0.25) is 0 Å². The second kappa shape index (κ2) is 6.38. The number of rotatable bonds is 2. The molecule has 3 aliphatic rings. The van der Waals surface area contributed by atoms with Gasteiger partial charge in [0.15, 0.2) is 5.65 Å². The monoisotopic (exact) mass is 373 g/mol. The molecule has 0 unspecified atom stereocenters. The maximum Gasteiger partial charge on any atom is 0.176 e. The molecule has 2 aromatic heterocycles.